The highest BCUT2D eigenvalue weighted by atomic mass is 32.2. The zero-order valence-electron chi connectivity index (χ0n) is 33.2. The number of hydrogen-bond acceptors (Lipinski definition) is 6. The molecule has 0 aliphatic carbocycles. The van der Waals surface area contributed by atoms with Crippen LogP contribution in [-0.2, 0) is 23.9 Å². The van der Waals surface area contributed by atoms with Crippen molar-refractivity contribution in [2.24, 2.45) is 11.7 Å². The monoisotopic (exact) mass is 747 g/mol. The molecule has 1 atom stereocenters. The van der Waals surface area contributed by atoms with Gasteiger partial charge in [-0.1, -0.05) is 151 Å². The molecule has 1 unspecified atom stereocenters. The molecular formula is C43H65N5O4S. The molecule has 9 nitrogen and oxygen atoms in total. The number of nitrogens with one attached hydrogen (secondary N) is 4. The van der Waals surface area contributed by atoms with Gasteiger partial charge in [0.05, 0.1) is 24.4 Å². The Morgan fingerprint density at radius 1 is 0.736 bits per heavy atom. The summed E-state index contributed by atoms with van der Waals surface area (Å²) in [7, 11) is 0. The van der Waals surface area contributed by atoms with E-state index in [1.807, 2.05) is 39.5 Å². The Kier molecular flexibility index (Phi) is 30.5. The maximum atomic E-state index is 12.1. The highest BCUT2D eigenvalue weighted by Gasteiger charge is 2.35. The normalized spacial score (nSPS) is 10.6. The molecule has 0 aliphatic heterocycles. The molecule has 0 aromatic heterocycles. The van der Waals surface area contributed by atoms with Gasteiger partial charge in [-0.3, -0.25) is 19.2 Å². The third-order valence-corrected chi connectivity index (χ3v) is 8.49. The SMILES string of the molecule is C/C=C/NC(=O)CNC(=O)CNC(=O)C(CC(C)C)NC(=O)CN.C=C.CC.CCCC.CSC(c1ccccc1)(c1ccccc1)c1ccccc1. The van der Waals surface area contributed by atoms with Gasteiger partial charge in [0, 0.05) is 0 Å². The van der Waals surface area contributed by atoms with Crippen LogP contribution < -0.4 is 27.0 Å². The minimum atomic E-state index is -0.758. The van der Waals surface area contributed by atoms with Gasteiger partial charge in [0.15, 0.2) is 0 Å². The molecule has 292 valence electrons. The van der Waals surface area contributed by atoms with Crippen molar-refractivity contribution in [2.45, 2.75) is 78.5 Å². The van der Waals surface area contributed by atoms with Crippen LogP contribution in [0.2, 0.25) is 0 Å². The summed E-state index contributed by atoms with van der Waals surface area (Å²) in [6.45, 7) is 19.2. The number of rotatable bonds is 15. The maximum absolute atomic E-state index is 12.1. The summed E-state index contributed by atoms with van der Waals surface area (Å²) in [5, 5.41) is 9.76. The molecule has 0 spiro atoms. The summed E-state index contributed by atoms with van der Waals surface area (Å²) < 4.78 is -0.163. The molecule has 10 heteroatoms. The molecule has 3 rings (SSSR count). The number of carbonyl (C=O) groups is 4. The summed E-state index contributed by atoms with van der Waals surface area (Å²) in [6.07, 6.45) is 8.34. The molecule has 0 saturated heterocycles. The summed E-state index contributed by atoms with van der Waals surface area (Å²) in [6, 6.07) is 31.5. The molecule has 0 bridgehead atoms. The van der Waals surface area contributed by atoms with E-state index in [0.29, 0.717) is 6.42 Å². The summed E-state index contributed by atoms with van der Waals surface area (Å²) in [4.78, 5) is 46.4. The van der Waals surface area contributed by atoms with Crippen LogP contribution in [0.4, 0.5) is 0 Å². The Bertz CT molecular complexity index is 1320. The van der Waals surface area contributed by atoms with E-state index in [-0.39, 0.29) is 36.2 Å². The van der Waals surface area contributed by atoms with E-state index in [2.05, 4.69) is 146 Å². The minimum absolute atomic E-state index is 0.163. The molecule has 0 heterocycles. The van der Waals surface area contributed by atoms with Crippen molar-refractivity contribution in [3.63, 3.8) is 0 Å². The van der Waals surface area contributed by atoms with Crippen molar-refractivity contribution in [3.05, 3.63) is 133 Å². The predicted molar refractivity (Wildman–Crippen MR) is 225 cm³/mol. The van der Waals surface area contributed by atoms with Crippen molar-refractivity contribution in [1.29, 1.82) is 0 Å². The van der Waals surface area contributed by atoms with Crippen LogP contribution in [0.15, 0.2) is 116 Å². The highest BCUT2D eigenvalue weighted by molar-refractivity contribution is 8.00. The molecule has 6 N–H and O–H groups in total. The van der Waals surface area contributed by atoms with Crippen LogP contribution in [0.25, 0.3) is 0 Å². The smallest absolute Gasteiger partial charge is 0.243 e. The number of allylic oxidation sites excluding steroid dienone is 1. The summed E-state index contributed by atoms with van der Waals surface area (Å²) in [5.74, 6) is -1.63. The maximum Gasteiger partial charge on any atom is 0.243 e. The zero-order chi connectivity index (χ0) is 40.5. The van der Waals surface area contributed by atoms with Crippen LogP contribution in [-0.4, -0.2) is 55.6 Å². The second-order valence-electron chi connectivity index (χ2n) is 11.5. The van der Waals surface area contributed by atoms with Gasteiger partial charge in [0.2, 0.25) is 23.6 Å². The average Bonchev–Trinajstić information content (AvgIpc) is 3.21. The van der Waals surface area contributed by atoms with Gasteiger partial charge in [-0.05, 0) is 48.4 Å². The van der Waals surface area contributed by atoms with E-state index in [4.69, 9.17) is 5.73 Å². The van der Waals surface area contributed by atoms with E-state index >= 15 is 0 Å². The van der Waals surface area contributed by atoms with E-state index in [9.17, 15) is 19.2 Å². The summed E-state index contributed by atoms with van der Waals surface area (Å²) >= 11 is 1.88. The number of amides is 4. The average molecular weight is 748 g/mol. The first-order valence-electron chi connectivity index (χ1n) is 18.2. The molecule has 0 fully saturated rings. The lowest BCUT2D eigenvalue weighted by molar-refractivity contribution is -0.130. The molecule has 3 aromatic carbocycles. The van der Waals surface area contributed by atoms with Crippen molar-refractivity contribution in [2.75, 3.05) is 25.9 Å². The Hall–Kier alpha value is -4.67. The molecule has 0 aliphatic rings. The van der Waals surface area contributed by atoms with Crippen molar-refractivity contribution < 1.29 is 19.2 Å². The first-order valence-corrected chi connectivity index (χ1v) is 19.5. The van der Waals surface area contributed by atoms with E-state index in [0.717, 1.165) is 0 Å². The minimum Gasteiger partial charge on any atom is -0.345 e. The van der Waals surface area contributed by atoms with E-state index < -0.39 is 23.8 Å². The van der Waals surface area contributed by atoms with Crippen molar-refractivity contribution >= 4 is 35.4 Å². The second kappa shape index (κ2) is 32.0. The topological polar surface area (TPSA) is 142 Å². The van der Waals surface area contributed by atoms with Crippen LogP contribution in [0, 0.1) is 5.92 Å². The Labute approximate surface area is 324 Å². The molecule has 0 radical (unpaired) electrons. The molecule has 4 amide bonds. The highest BCUT2D eigenvalue weighted by Crippen LogP contribution is 2.46. The fourth-order valence-electron chi connectivity index (χ4n) is 4.59. The first-order chi connectivity index (χ1) is 25.6. The number of benzene rings is 3. The van der Waals surface area contributed by atoms with Gasteiger partial charge >= 0.3 is 0 Å². The molecule has 3 aromatic rings. The number of carbonyl (C=O) groups excluding carboxylic acids is 4. The van der Waals surface area contributed by atoms with E-state index in [1.54, 1.807) is 13.0 Å². The molecule has 53 heavy (non-hydrogen) atoms. The van der Waals surface area contributed by atoms with Crippen molar-refractivity contribution in [1.82, 2.24) is 21.3 Å². The largest absolute Gasteiger partial charge is 0.345 e. The van der Waals surface area contributed by atoms with Gasteiger partial charge in [0.25, 0.3) is 0 Å². The fourth-order valence-corrected chi connectivity index (χ4v) is 5.70. The molecule has 0 saturated carbocycles. The molecular weight excluding hydrogens is 683 g/mol. The first kappa shape index (κ1) is 50.4. The van der Waals surface area contributed by atoms with Crippen LogP contribution in [0.3, 0.4) is 0 Å². The predicted octanol–water partition coefficient (Wildman–Crippen LogP) is 7.33. The number of thioether (sulfide) groups is 1. The standard InChI is InChI=1S/C20H18S.C15H27N5O4.C4H10.C2H6.C2H4/c1-21-20(17-11-5-2-6-12-17,18-13-7-3-8-14-18)19-15-9-4-10-16-19;1-4-5-17-13(22)8-18-14(23)9-19-15(24)11(6-10(2)3)20-12(21)7-16;1-3-4-2;2*1-2/h2-16H,1H3;4-5,10-11H,6-9,16H2,1-3H3,(H,17,22)(H,18,23)(H,19,24)(H,20,21);3-4H2,1-2H3;1-2H3;1-2H2/b;5-4+;;;. The van der Waals surface area contributed by atoms with Crippen molar-refractivity contribution in [3.8, 4) is 0 Å². The lowest BCUT2D eigenvalue weighted by Crippen LogP contribution is -2.51. The quantitative estimate of drug-likeness (QED) is 0.0814. The lowest BCUT2D eigenvalue weighted by Gasteiger charge is -2.34. The van der Waals surface area contributed by atoms with Crippen LogP contribution >= 0.6 is 11.8 Å². The number of nitrogens with two attached hydrogens (primary N) is 1. The fraction of sp³-hybridized carbons (Fsp3) is 0.395. The van der Waals surface area contributed by atoms with E-state index in [1.165, 1.54) is 35.7 Å². The number of unbranched alkanes of at least 4 members (excludes halogenated alkanes) is 1. The Morgan fingerprint density at radius 2 is 1.15 bits per heavy atom. The third kappa shape index (κ3) is 20.2. The Balaban J connectivity index is 0. The van der Waals surface area contributed by atoms with Gasteiger partial charge < -0.3 is 27.0 Å². The second-order valence-corrected chi connectivity index (χ2v) is 12.5. The van der Waals surface area contributed by atoms with Crippen LogP contribution in [0.1, 0.15) is 84.4 Å². The van der Waals surface area contributed by atoms with Gasteiger partial charge in [-0.15, -0.1) is 24.9 Å². The van der Waals surface area contributed by atoms with Gasteiger partial charge in [-0.25, -0.2) is 0 Å². The zero-order valence-corrected chi connectivity index (χ0v) is 34.1. The third-order valence-electron chi connectivity index (χ3n) is 7.17. The van der Waals surface area contributed by atoms with Crippen LogP contribution in [0.5, 0.6) is 0 Å². The summed E-state index contributed by atoms with van der Waals surface area (Å²) in [5.41, 5.74) is 9.17. The Morgan fingerprint density at radius 3 is 1.49 bits per heavy atom. The number of hydrogen-bond donors (Lipinski definition) is 5. The van der Waals surface area contributed by atoms with Gasteiger partial charge in [-0.2, -0.15) is 0 Å². The van der Waals surface area contributed by atoms with Gasteiger partial charge in [0.1, 0.15) is 6.04 Å². The lowest BCUT2D eigenvalue weighted by atomic mass is 9.84.